The van der Waals surface area contributed by atoms with Gasteiger partial charge in [0.2, 0.25) is 10.0 Å². The third-order valence-corrected chi connectivity index (χ3v) is 5.61. The molecule has 0 amide bonds. The van der Waals surface area contributed by atoms with Gasteiger partial charge in [-0.05, 0) is 30.9 Å². The van der Waals surface area contributed by atoms with Gasteiger partial charge < -0.3 is 5.11 Å². The van der Waals surface area contributed by atoms with E-state index in [2.05, 4.69) is 18.6 Å². The fourth-order valence-corrected chi connectivity index (χ4v) is 4.00. The smallest absolute Gasteiger partial charge is 0.250 e. The topological polar surface area (TPSA) is 66.4 Å². The first-order valence-corrected chi connectivity index (χ1v) is 8.45. The SMILES string of the molecule is CC(C)CCCNS(=O)(=O)c1ccc(CCO)s1. The van der Waals surface area contributed by atoms with Gasteiger partial charge in [0.05, 0.1) is 0 Å². The van der Waals surface area contributed by atoms with E-state index < -0.39 is 10.0 Å². The quantitative estimate of drug-likeness (QED) is 0.720. The fraction of sp³-hybridized carbons (Fsp3) is 0.667. The molecule has 104 valence electrons. The van der Waals surface area contributed by atoms with E-state index in [1.165, 1.54) is 11.3 Å². The van der Waals surface area contributed by atoms with Gasteiger partial charge in [0, 0.05) is 24.4 Å². The lowest BCUT2D eigenvalue weighted by atomic mass is 10.1. The van der Waals surface area contributed by atoms with Crippen LogP contribution in [0.25, 0.3) is 0 Å². The minimum Gasteiger partial charge on any atom is -0.396 e. The maximum Gasteiger partial charge on any atom is 0.250 e. The molecule has 1 heterocycles. The number of aliphatic hydroxyl groups is 1. The molecule has 0 radical (unpaired) electrons. The first-order valence-electron chi connectivity index (χ1n) is 6.15. The summed E-state index contributed by atoms with van der Waals surface area (Å²) in [4.78, 5) is 0.889. The van der Waals surface area contributed by atoms with Gasteiger partial charge in [-0.2, -0.15) is 0 Å². The van der Waals surface area contributed by atoms with Crippen molar-refractivity contribution in [2.24, 2.45) is 5.92 Å². The Hall–Kier alpha value is -0.430. The molecule has 2 N–H and O–H groups in total. The average Bonchev–Trinajstić information content (AvgIpc) is 2.74. The summed E-state index contributed by atoms with van der Waals surface area (Å²) in [7, 11) is -3.37. The van der Waals surface area contributed by atoms with Gasteiger partial charge in [-0.3, -0.25) is 0 Å². The molecule has 0 bridgehead atoms. The summed E-state index contributed by atoms with van der Waals surface area (Å²) in [5, 5.41) is 8.80. The molecule has 1 aromatic rings. The summed E-state index contributed by atoms with van der Waals surface area (Å²) in [6, 6.07) is 3.35. The largest absolute Gasteiger partial charge is 0.396 e. The molecule has 0 atom stereocenters. The highest BCUT2D eigenvalue weighted by atomic mass is 32.2. The van der Waals surface area contributed by atoms with Crippen molar-refractivity contribution >= 4 is 21.4 Å². The lowest BCUT2D eigenvalue weighted by molar-refractivity contribution is 0.300. The van der Waals surface area contributed by atoms with Crippen LogP contribution in [-0.4, -0.2) is 26.7 Å². The third kappa shape index (κ3) is 5.06. The number of rotatable bonds is 8. The lowest BCUT2D eigenvalue weighted by Crippen LogP contribution is -2.24. The summed E-state index contributed by atoms with van der Waals surface area (Å²) in [5.41, 5.74) is 0. The van der Waals surface area contributed by atoms with Crippen molar-refractivity contribution < 1.29 is 13.5 Å². The van der Waals surface area contributed by atoms with Crippen LogP contribution >= 0.6 is 11.3 Å². The molecule has 0 saturated heterocycles. The zero-order valence-corrected chi connectivity index (χ0v) is 12.5. The van der Waals surface area contributed by atoms with Crippen molar-refractivity contribution in [2.45, 2.75) is 37.3 Å². The van der Waals surface area contributed by atoms with E-state index in [1.54, 1.807) is 12.1 Å². The maximum absolute atomic E-state index is 11.9. The summed E-state index contributed by atoms with van der Waals surface area (Å²) in [5.74, 6) is 0.590. The van der Waals surface area contributed by atoms with Crippen LogP contribution in [0.1, 0.15) is 31.6 Å². The standard InChI is InChI=1S/C12H21NO3S2/c1-10(2)4-3-8-13-18(15,16)12-6-5-11(17-12)7-9-14/h5-6,10,13-14H,3-4,7-9H2,1-2H3. The van der Waals surface area contributed by atoms with Crippen molar-refractivity contribution in [1.29, 1.82) is 0 Å². The summed E-state index contributed by atoms with van der Waals surface area (Å²) in [6.07, 6.45) is 2.38. The fourth-order valence-electron chi connectivity index (χ4n) is 1.54. The van der Waals surface area contributed by atoms with Crippen LogP contribution in [-0.2, 0) is 16.4 Å². The van der Waals surface area contributed by atoms with Crippen LogP contribution in [0, 0.1) is 5.92 Å². The van der Waals surface area contributed by atoms with Crippen molar-refractivity contribution in [3.8, 4) is 0 Å². The molecule has 1 aromatic heterocycles. The Balaban J connectivity index is 2.51. The lowest BCUT2D eigenvalue weighted by Gasteiger charge is -2.06. The second-order valence-electron chi connectivity index (χ2n) is 4.63. The molecule has 6 heteroatoms. The van der Waals surface area contributed by atoms with E-state index in [9.17, 15) is 8.42 Å². The number of hydrogen-bond acceptors (Lipinski definition) is 4. The van der Waals surface area contributed by atoms with Crippen LogP contribution in [0.15, 0.2) is 16.3 Å². The Bertz CT molecular complexity index is 452. The highest BCUT2D eigenvalue weighted by Gasteiger charge is 2.15. The van der Waals surface area contributed by atoms with Crippen LogP contribution < -0.4 is 4.72 Å². The monoisotopic (exact) mass is 291 g/mol. The molecule has 0 saturated carbocycles. The predicted octanol–water partition coefficient (Wildman–Crippen LogP) is 2.00. The molecule has 0 spiro atoms. The minimum atomic E-state index is -3.37. The molecule has 0 aromatic carbocycles. The molecule has 4 nitrogen and oxygen atoms in total. The van der Waals surface area contributed by atoms with Crippen molar-refractivity contribution in [2.75, 3.05) is 13.2 Å². The first-order chi connectivity index (χ1) is 8.45. The Labute approximate surface area is 113 Å². The van der Waals surface area contributed by atoms with E-state index in [1.807, 2.05) is 0 Å². The minimum absolute atomic E-state index is 0.0435. The van der Waals surface area contributed by atoms with Crippen LogP contribution in [0.4, 0.5) is 0 Å². The third-order valence-electron chi connectivity index (χ3n) is 2.51. The molecule has 0 aliphatic carbocycles. The van der Waals surface area contributed by atoms with Crippen molar-refractivity contribution in [1.82, 2.24) is 4.72 Å². The highest BCUT2D eigenvalue weighted by molar-refractivity contribution is 7.91. The van der Waals surface area contributed by atoms with E-state index in [-0.39, 0.29) is 6.61 Å². The average molecular weight is 291 g/mol. The number of sulfonamides is 1. The summed E-state index contributed by atoms with van der Waals surface area (Å²) < 4.78 is 26.8. The predicted molar refractivity (Wildman–Crippen MR) is 74.4 cm³/mol. The second-order valence-corrected chi connectivity index (χ2v) is 7.79. The van der Waals surface area contributed by atoms with E-state index in [0.717, 1.165) is 17.7 Å². The summed E-state index contributed by atoms with van der Waals surface area (Å²) in [6.45, 7) is 4.76. The molecular weight excluding hydrogens is 270 g/mol. The van der Waals surface area contributed by atoms with E-state index >= 15 is 0 Å². The number of nitrogens with one attached hydrogen (secondary N) is 1. The molecule has 0 fully saturated rings. The summed E-state index contributed by atoms with van der Waals surface area (Å²) >= 11 is 1.22. The van der Waals surface area contributed by atoms with Gasteiger partial charge in [-0.25, -0.2) is 13.1 Å². The van der Waals surface area contributed by atoms with E-state index in [0.29, 0.717) is 23.1 Å². The zero-order chi connectivity index (χ0) is 13.6. The number of aliphatic hydroxyl groups excluding tert-OH is 1. The van der Waals surface area contributed by atoms with Gasteiger partial charge in [0.1, 0.15) is 4.21 Å². The number of thiophene rings is 1. The molecule has 0 aliphatic heterocycles. The van der Waals surface area contributed by atoms with Gasteiger partial charge >= 0.3 is 0 Å². The highest BCUT2D eigenvalue weighted by Crippen LogP contribution is 2.21. The zero-order valence-electron chi connectivity index (χ0n) is 10.8. The van der Waals surface area contributed by atoms with Gasteiger partial charge in [-0.15, -0.1) is 11.3 Å². The van der Waals surface area contributed by atoms with Gasteiger partial charge in [0.25, 0.3) is 0 Å². The van der Waals surface area contributed by atoms with Crippen molar-refractivity contribution in [3.05, 3.63) is 17.0 Å². The Morgan fingerprint density at radius 1 is 1.39 bits per heavy atom. The number of hydrogen-bond donors (Lipinski definition) is 2. The van der Waals surface area contributed by atoms with Crippen molar-refractivity contribution in [3.63, 3.8) is 0 Å². The van der Waals surface area contributed by atoms with Gasteiger partial charge in [-0.1, -0.05) is 13.8 Å². The Kier molecular flexibility index (Phi) is 6.28. The van der Waals surface area contributed by atoms with Crippen LogP contribution in [0.3, 0.4) is 0 Å². The Morgan fingerprint density at radius 3 is 2.72 bits per heavy atom. The molecule has 0 unspecified atom stereocenters. The second kappa shape index (κ2) is 7.23. The molecule has 0 aliphatic rings. The van der Waals surface area contributed by atoms with Gasteiger partial charge in [0.15, 0.2) is 0 Å². The molecular formula is C12H21NO3S2. The van der Waals surface area contributed by atoms with Crippen LogP contribution in [0.2, 0.25) is 0 Å². The Morgan fingerprint density at radius 2 is 2.11 bits per heavy atom. The van der Waals surface area contributed by atoms with Crippen LogP contribution in [0.5, 0.6) is 0 Å². The van der Waals surface area contributed by atoms with E-state index in [4.69, 9.17) is 5.11 Å². The first kappa shape index (κ1) is 15.6. The normalized spacial score (nSPS) is 12.2. The molecule has 18 heavy (non-hydrogen) atoms. The maximum atomic E-state index is 11.9. The molecule has 1 rings (SSSR count).